The lowest BCUT2D eigenvalue weighted by molar-refractivity contribution is -0.121. The molecule has 7 heteroatoms. The second-order valence-electron chi connectivity index (χ2n) is 6.43. The third-order valence-corrected chi connectivity index (χ3v) is 4.36. The molecule has 2 aromatic heterocycles. The Morgan fingerprint density at radius 3 is 2.81 bits per heavy atom. The fourth-order valence-corrected chi connectivity index (χ4v) is 2.92. The Labute approximate surface area is 150 Å². The predicted octanol–water partition coefficient (Wildman–Crippen LogP) is 1.88. The number of hydrogen-bond donors (Lipinski definition) is 2. The zero-order chi connectivity index (χ0) is 17.9. The summed E-state index contributed by atoms with van der Waals surface area (Å²) in [5.74, 6) is 0.792. The summed E-state index contributed by atoms with van der Waals surface area (Å²) in [6.45, 7) is 0.644. The summed E-state index contributed by atoms with van der Waals surface area (Å²) in [5.41, 5.74) is 1.77. The van der Waals surface area contributed by atoms with Gasteiger partial charge in [0.2, 0.25) is 5.91 Å². The van der Waals surface area contributed by atoms with Gasteiger partial charge in [-0.1, -0.05) is 12.1 Å². The van der Waals surface area contributed by atoms with E-state index in [9.17, 15) is 9.59 Å². The molecule has 0 spiro atoms. The highest BCUT2D eigenvalue weighted by Gasteiger charge is 2.24. The summed E-state index contributed by atoms with van der Waals surface area (Å²) in [7, 11) is 0. The molecule has 26 heavy (non-hydrogen) atoms. The number of aromatic nitrogens is 2. The van der Waals surface area contributed by atoms with Crippen LogP contribution < -0.4 is 10.6 Å². The molecule has 2 amide bonds. The summed E-state index contributed by atoms with van der Waals surface area (Å²) in [6.07, 6.45) is 4.11. The molecule has 3 aromatic rings. The molecule has 0 atom stereocenters. The fourth-order valence-electron chi connectivity index (χ4n) is 2.92. The molecule has 1 aromatic carbocycles. The number of benzene rings is 1. The number of para-hydroxylation sites is 2. The van der Waals surface area contributed by atoms with Gasteiger partial charge in [-0.25, -0.2) is 4.98 Å². The highest BCUT2D eigenvalue weighted by Crippen LogP contribution is 2.20. The van der Waals surface area contributed by atoms with Crippen molar-refractivity contribution in [3.8, 4) is 0 Å². The predicted molar refractivity (Wildman–Crippen MR) is 95.6 cm³/mol. The molecule has 2 N–H and O–H groups in total. The average molecular weight is 352 g/mol. The van der Waals surface area contributed by atoms with Crippen molar-refractivity contribution in [2.75, 3.05) is 6.54 Å². The van der Waals surface area contributed by atoms with Crippen molar-refractivity contribution in [2.45, 2.75) is 31.8 Å². The van der Waals surface area contributed by atoms with Gasteiger partial charge in [-0.05, 0) is 37.1 Å². The molecule has 0 radical (unpaired) electrons. The molecular weight excluding hydrogens is 332 g/mol. The van der Waals surface area contributed by atoms with E-state index in [-0.39, 0.29) is 24.1 Å². The fraction of sp³-hybridized carbons (Fsp3) is 0.316. The molecule has 0 bridgehead atoms. The third kappa shape index (κ3) is 3.61. The average Bonchev–Trinajstić information content (AvgIpc) is 3.16. The van der Waals surface area contributed by atoms with E-state index < -0.39 is 0 Å². The zero-order valence-corrected chi connectivity index (χ0v) is 14.3. The highest BCUT2D eigenvalue weighted by atomic mass is 16.3. The third-order valence-electron chi connectivity index (χ3n) is 4.36. The van der Waals surface area contributed by atoms with Crippen LogP contribution in [0.1, 0.15) is 29.2 Å². The van der Waals surface area contributed by atoms with Crippen LogP contribution in [0.2, 0.25) is 0 Å². The van der Waals surface area contributed by atoms with Crippen LogP contribution in [-0.4, -0.2) is 34.0 Å². The SMILES string of the molecule is O=C(Cn1c(CCNC(=O)c2ccco2)nc2ccccc21)NC1CC1. The Bertz CT molecular complexity index is 926. The number of rotatable bonds is 7. The lowest BCUT2D eigenvalue weighted by Crippen LogP contribution is -2.30. The number of imidazole rings is 1. The maximum Gasteiger partial charge on any atom is 0.286 e. The van der Waals surface area contributed by atoms with Crippen LogP contribution in [0.15, 0.2) is 47.1 Å². The Kier molecular flexibility index (Phi) is 4.43. The molecule has 1 fully saturated rings. The maximum absolute atomic E-state index is 12.3. The molecule has 134 valence electrons. The van der Waals surface area contributed by atoms with Crippen LogP contribution in [0.3, 0.4) is 0 Å². The van der Waals surface area contributed by atoms with Crippen molar-refractivity contribution in [2.24, 2.45) is 0 Å². The molecule has 0 unspecified atom stereocenters. The molecule has 4 rings (SSSR count). The van der Waals surface area contributed by atoms with Crippen molar-refractivity contribution >= 4 is 22.8 Å². The van der Waals surface area contributed by atoms with E-state index in [4.69, 9.17) is 4.42 Å². The molecular formula is C19H20N4O3. The van der Waals surface area contributed by atoms with Gasteiger partial charge in [-0.3, -0.25) is 9.59 Å². The number of fused-ring (bicyclic) bond motifs is 1. The number of nitrogens with zero attached hydrogens (tertiary/aromatic N) is 2. The van der Waals surface area contributed by atoms with Crippen molar-refractivity contribution in [1.82, 2.24) is 20.2 Å². The van der Waals surface area contributed by atoms with Gasteiger partial charge in [-0.15, -0.1) is 0 Å². The first kappa shape index (κ1) is 16.4. The maximum atomic E-state index is 12.3. The monoisotopic (exact) mass is 352 g/mol. The van der Waals surface area contributed by atoms with Gasteiger partial charge in [0.1, 0.15) is 12.4 Å². The number of carbonyl (C=O) groups is 2. The van der Waals surface area contributed by atoms with E-state index in [0.29, 0.717) is 19.0 Å². The number of carbonyl (C=O) groups excluding carboxylic acids is 2. The molecule has 0 aliphatic heterocycles. The van der Waals surface area contributed by atoms with Crippen LogP contribution in [0, 0.1) is 0 Å². The zero-order valence-electron chi connectivity index (χ0n) is 14.3. The smallest absolute Gasteiger partial charge is 0.286 e. The second kappa shape index (κ2) is 7.03. The summed E-state index contributed by atoms with van der Waals surface area (Å²) in [4.78, 5) is 28.8. The van der Waals surface area contributed by atoms with Gasteiger partial charge in [-0.2, -0.15) is 0 Å². The van der Waals surface area contributed by atoms with E-state index in [1.54, 1.807) is 12.1 Å². The van der Waals surface area contributed by atoms with Crippen molar-refractivity contribution in [1.29, 1.82) is 0 Å². The van der Waals surface area contributed by atoms with Crippen LogP contribution in [0.4, 0.5) is 0 Å². The Balaban J connectivity index is 1.47. The minimum absolute atomic E-state index is 0.00322. The highest BCUT2D eigenvalue weighted by molar-refractivity contribution is 5.91. The first-order valence-electron chi connectivity index (χ1n) is 8.76. The van der Waals surface area contributed by atoms with Crippen molar-refractivity contribution in [3.05, 3.63) is 54.2 Å². The van der Waals surface area contributed by atoms with Gasteiger partial charge < -0.3 is 19.6 Å². The standard InChI is InChI=1S/C19H20N4O3/c24-18(21-13-7-8-13)12-23-15-5-2-1-4-14(15)22-17(23)9-10-20-19(25)16-6-3-11-26-16/h1-6,11,13H,7-10,12H2,(H,20,25)(H,21,24). The van der Waals surface area contributed by atoms with Gasteiger partial charge in [0, 0.05) is 19.0 Å². The van der Waals surface area contributed by atoms with Crippen molar-refractivity contribution in [3.63, 3.8) is 0 Å². The van der Waals surface area contributed by atoms with Crippen LogP contribution in [0.5, 0.6) is 0 Å². The van der Waals surface area contributed by atoms with Crippen molar-refractivity contribution < 1.29 is 14.0 Å². The van der Waals surface area contributed by atoms with E-state index in [2.05, 4.69) is 15.6 Å². The van der Waals surface area contributed by atoms with Gasteiger partial charge in [0.05, 0.1) is 17.3 Å². The lowest BCUT2D eigenvalue weighted by Gasteiger charge is -2.10. The molecule has 2 heterocycles. The minimum Gasteiger partial charge on any atom is -0.459 e. The van der Waals surface area contributed by atoms with Gasteiger partial charge in [0.25, 0.3) is 5.91 Å². The van der Waals surface area contributed by atoms with E-state index in [1.165, 1.54) is 6.26 Å². The molecule has 1 aliphatic carbocycles. The van der Waals surface area contributed by atoms with E-state index >= 15 is 0 Å². The molecule has 1 saturated carbocycles. The second-order valence-corrected chi connectivity index (χ2v) is 6.43. The van der Waals surface area contributed by atoms with E-state index in [0.717, 1.165) is 29.7 Å². The van der Waals surface area contributed by atoms with Crippen LogP contribution >= 0.6 is 0 Å². The largest absolute Gasteiger partial charge is 0.459 e. The van der Waals surface area contributed by atoms with Gasteiger partial charge >= 0.3 is 0 Å². The summed E-state index contributed by atoms with van der Waals surface area (Å²) >= 11 is 0. The minimum atomic E-state index is -0.260. The normalized spacial score (nSPS) is 13.7. The molecule has 7 nitrogen and oxygen atoms in total. The number of amides is 2. The topological polar surface area (TPSA) is 89.2 Å². The summed E-state index contributed by atoms with van der Waals surface area (Å²) < 4.78 is 7.00. The number of hydrogen-bond acceptors (Lipinski definition) is 4. The molecule has 1 aliphatic rings. The number of nitrogens with one attached hydrogen (secondary N) is 2. The first-order valence-corrected chi connectivity index (χ1v) is 8.76. The van der Waals surface area contributed by atoms with E-state index in [1.807, 2.05) is 28.8 Å². The summed E-state index contributed by atoms with van der Waals surface area (Å²) in [6, 6.07) is 11.4. The Morgan fingerprint density at radius 2 is 2.04 bits per heavy atom. The van der Waals surface area contributed by atoms with Gasteiger partial charge in [0.15, 0.2) is 5.76 Å². The Hall–Kier alpha value is -3.09. The summed E-state index contributed by atoms with van der Waals surface area (Å²) in [5, 5.41) is 5.82. The first-order chi connectivity index (χ1) is 12.7. The lowest BCUT2D eigenvalue weighted by atomic mass is 10.3. The quantitative estimate of drug-likeness (QED) is 0.679. The Morgan fingerprint density at radius 1 is 1.19 bits per heavy atom. The van der Waals surface area contributed by atoms with Crippen LogP contribution in [-0.2, 0) is 17.8 Å². The number of furan rings is 1. The van der Waals surface area contributed by atoms with Crippen LogP contribution in [0.25, 0.3) is 11.0 Å². The molecule has 0 saturated heterocycles.